The Labute approximate surface area is 118 Å². The van der Waals surface area contributed by atoms with Gasteiger partial charge in [-0.2, -0.15) is 0 Å². The van der Waals surface area contributed by atoms with E-state index in [0.29, 0.717) is 0 Å². The number of carbonyl (C=O) groups excluding carboxylic acids is 2. The molecule has 0 radical (unpaired) electrons. The number of rotatable bonds is 6. The van der Waals surface area contributed by atoms with Gasteiger partial charge in [0.05, 0.1) is 18.5 Å². The Hall–Kier alpha value is -2.97. The molecule has 0 fully saturated rings. The zero-order valence-corrected chi connectivity index (χ0v) is 10.9. The van der Waals surface area contributed by atoms with Gasteiger partial charge >= 0.3 is 11.9 Å². The first-order chi connectivity index (χ1) is 9.85. The second-order valence-electron chi connectivity index (χ2n) is 3.95. The van der Waals surface area contributed by atoms with Gasteiger partial charge in [-0.15, -0.1) is 0 Å². The Morgan fingerprint density at radius 1 is 1.43 bits per heavy atom. The molecule has 112 valence electrons. The summed E-state index contributed by atoms with van der Waals surface area (Å²) in [4.78, 5) is 43.8. The summed E-state index contributed by atoms with van der Waals surface area (Å²) in [5, 5.41) is 21.6. The summed E-state index contributed by atoms with van der Waals surface area (Å²) in [6.45, 7) is 0. The Balaban J connectivity index is 2.87. The minimum Gasteiger partial charge on any atom is -0.480 e. The third-order valence-electron chi connectivity index (χ3n) is 2.52. The van der Waals surface area contributed by atoms with Crippen molar-refractivity contribution in [2.75, 3.05) is 7.11 Å². The Morgan fingerprint density at radius 2 is 2.10 bits per heavy atom. The lowest BCUT2D eigenvalue weighted by Crippen LogP contribution is -2.42. The molecule has 0 aliphatic rings. The van der Waals surface area contributed by atoms with Gasteiger partial charge in [-0.25, -0.2) is 4.79 Å². The number of aliphatic carboxylic acids is 1. The molecule has 1 aromatic rings. The number of carboxylic acids is 1. The van der Waals surface area contributed by atoms with E-state index < -0.39 is 35.2 Å². The molecule has 1 rings (SSSR count). The second kappa shape index (κ2) is 6.98. The molecule has 1 amide bonds. The van der Waals surface area contributed by atoms with Gasteiger partial charge in [-0.05, 0) is 6.07 Å². The number of amides is 1. The first kappa shape index (κ1) is 16.1. The number of nitro groups is 1. The van der Waals surface area contributed by atoms with Gasteiger partial charge in [0.1, 0.15) is 6.04 Å². The van der Waals surface area contributed by atoms with Crippen LogP contribution < -0.4 is 5.32 Å². The van der Waals surface area contributed by atoms with Crippen LogP contribution >= 0.6 is 0 Å². The van der Waals surface area contributed by atoms with E-state index in [4.69, 9.17) is 5.11 Å². The van der Waals surface area contributed by atoms with Crippen molar-refractivity contribution in [3.05, 3.63) is 39.9 Å². The molecule has 0 aliphatic carbocycles. The normalized spacial score (nSPS) is 11.3. The molecule has 0 saturated heterocycles. The van der Waals surface area contributed by atoms with Crippen molar-refractivity contribution in [1.82, 2.24) is 5.32 Å². The average Bonchev–Trinajstić information content (AvgIpc) is 2.46. The fraction of sp³-hybridized carbons (Fsp3) is 0.250. The lowest BCUT2D eigenvalue weighted by molar-refractivity contribution is -0.384. The first-order valence-corrected chi connectivity index (χ1v) is 5.70. The van der Waals surface area contributed by atoms with Crippen molar-refractivity contribution in [1.29, 1.82) is 0 Å². The monoisotopic (exact) mass is 296 g/mol. The number of methoxy groups -OCH3 is 1. The smallest absolute Gasteiger partial charge is 0.326 e. The van der Waals surface area contributed by atoms with Gasteiger partial charge in [-0.3, -0.25) is 19.7 Å². The fourth-order valence-electron chi connectivity index (χ4n) is 1.45. The predicted octanol–water partition coefficient (Wildman–Crippen LogP) is 0.341. The number of hydrogen-bond acceptors (Lipinski definition) is 6. The van der Waals surface area contributed by atoms with Crippen molar-refractivity contribution in [3.8, 4) is 0 Å². The van der Waals surface area contributed by atoms with Gasteiger partial charge in [0.2, 0.25) is 0 Å². The summed E-state index contributed by atoms with van der Waals surface area (Å²) in [5.41, 5.74) is -0.386. The lowest BCUT2D eigenvalue weighted by Gasteiger charge is -2.13. The maximum atomic E-state index is 11.9. The third kappa shape index (κ3) is 4.56. The van der Waals surface area contributed by atoms with Crippen LogP contribution in [-0.4, -0.2) is 41.0 Å². The molecule has 0 saturated carbocycles. The van der Waals surface area contributed by atoms with Gasteiger partial charge in [0, 0.05) is 17.7 Å². The quantitative estimate of drug-likeness (QED) is 0.439. The molecule has 9 heteroatoms. The number of carbonyl (C=O) groups is 3. The summed E-state index contributed by atoms with van der Waals surface area (Å²) in [5.74, 6) is -3.06. The van der Waals surface area contributed by atoms with Gasteiger partial charge in [0.15, 0.2) is 0 Å². The molecule has 1 atom stereocenters. The maximum absolute atomic E-state index is 11.9. The van der Waals surface area contributed by atoms with Crippen LogP contribution in [0.5, 0.6) is 0 Å². The minimum absolute atomic E-state index is 0.0830. The van der Waals surface area contributed by atoms with Crippen LogP contribution in [0.15, 0.2) is 24.3 Å². The summed E-state index contributed by atoms with van der Waals surface area (Å²) in [6.07, 6.45) is -0.549. The number of carboxylic acid groups (broad SMARTS) is 1. The zero-order valence-electron chi connectivity index (χ0n) is 10.9. The first-order valence-electron chi connectivity index (χ1n) is 5.70. The molecular formula is C12H12N2O7. The largest absolute Gasteiger partial charge is 0.480 e. The maximum Gasteiger partial charge on any atom is 0.326 e. The highest BCUT2D eigenvalue weighted by molar-refractivity contribution is 5.97. The van der Waals surface area contributed by atoms with Gasteiger partial charge in [0.25, 0.3) is 11.6 Å². The Bertz CT molecular complexity index is 585. The number of hydrogen-bond donors (Lipinski definition) is 2. The molecule has 0 spiro atoms. The summed E-state index contributed by atoms with van der Waals surface area (Å²) in [6, 6.07) is 3.30. The predicted molar refractivity (Wildman–Crippen MR) is 68.6 cm³/mol. The summed E-state index contributed by atoms with van der Waals surface area (Å²) >= 11 is 0. The van der Waals surface area contributed by atoms with Crippen LogP contribution in [0.1, 0.15) is 16.8 Å². The zero-order chi connectivity index (χ0) is 16.0. The highest BCUT2D eigenvalue weighted by Crippen LogP contribution is 2.13. The molecular weight excluding hydrogens is 284 g/mol. The van der Waals surface area contributed by atoms with Crippen LogP contribution in [0, 0.1) is 10.1 Å². The highest BCUT2D eigenvalue weighted by Gasteiger charge is 2.24. The van der Waals surface area contributed by atoms with E-state index in [1.54, 1.807) is 0 Å². The third-order valence-corrected chi connectivity index (χ3v) is 2.52. The molecule has 0 bridgehead atoms. The van der Waals surface area contributed by atoms with Crippen LogP contribution in [0.3, 0.4) is 0 Å². The number of esters is 1. The summed E-state index contributed by atoms with van der Waals surface area (Å²) < 4.78 is 4.33. The summed E-state index contributed by atoms with van der Waals surface area (Å²) in [7, 11) is 1.09. The van der Waals surface area contributed by atoms with Crippen molar-refractivity contribution >= 4 is 23.5 Å². The number of nitro benzene ring substituents is 1. The molecule has 2 N–H and O–H groups in total. The van der Waals surface area contributed by atoms with E-state index >= 15 is 0 Å². The molecule has 21 heavy (non-hydrogen) atoms. The Kier molecular flexibility index (Phi) is 5.35. The number of nitrogens with zero attached hydrogens (tertiary/aromatic N) is 1. The molecule has 1 aromatic carbocycles. The van der Waals surface area contributed by atoms with E-state index in [1.165, 1.54) is 18.2 Å². The SMILES string of the molecule is COC(=O)C[C@H](NC(=O)c1cccc([N+](=O)[O-])c1)C(=O)O. The molecule has 0 aliphatic heterocycles. The van der Waals surface area contributed by atoms with Crippen LogP contribution in [0.25, 0.3) is 0 Å². The molecule has 0 aromatic heterocycles. The number of ether oxygens (including phenoxy) is 1. The van der Waals surface area contributed by atoms with E-state index in [9.17, 15) is 24.5 Å². The van der Waals surface area contributed by atoms with E-state index in [0.717, 1.165) is 13.2 Å². The van der Waals surface area contributed by atoms with Crippen molar-refractivity contribution < 1.29 is 29.2 Å². The number of nitrogens with one attached hydrogen (secondary N) is 1. The van der Waals surface area contributed by atoms with Crippen LogP contribution in [0.2, 0.25) is 0 Å². The standard InChI is InChI=1S/C12H12N2O7/c1-21-10(15)6-9(12(17)18)13-11(16)7-3-2-4-8(5-7)14(19)20/h2-5,9H,6H2,1H3,(H,13,16)(H,17,18)/t9-/m0/s1. The number of non-ortho nitro benzene ring substituents is 1. The van der Waals surface area contributed by atoms with E-state index in [1.807, 2.05) is 0 Å². The lowest BCUT2D eigenvalue weighted by atomic mass is 10.1. The van der Waals surface area contributed by atoms with Crippen molar-refractivity contribution in [2.24, 2.45) is 0 Å². The second-order valence-corrected chi connectivity index (χ2v) is 3.95. The van der Waals surface area contributed by atoms with Gasteiger partial charge in [-0.1, -0.05) is 6.07 Å². The molecule has 9 nitrogen and oxygen atoms in total. The van der Waals surface area contributed by atoms with E-state index in [2.05, 4.69) is 10.1 Å². The minimum atomic E-state index is -1.48. The molecule has 0 unspecified atom stereocenters. The Morgan fingerprint density at radius 3 is 2.62 bits per heavy atom. The van der Waals surface area contributed by atoms with Gasteiger partial charge < -0.3 is 15.2 Å². The fourth-order valence-corrected chi connectivity index (χ4v) is 1.45. The molecule has 0 heterocycles. The van der Waals surface area contributed by atoms with Crippen LogP contribution in [-0.2, 0) is 14.3 Å². The number of benzene rings is 1. The highest BCUT2D eigenvalue weighted by atomic mass is 16.6. The average molecular weight is 296 g/mol. The topological polar surface area (TPSA) is 136 Å². The van der Waals surface area contributed by atoms with Crippen molar-refractivity contribution in [3.63, 3.8) is 0 Å². The van der Waals surface area contributed by atoms with E-state index in [-0.39, 0.29) is 11.3 Å². The van der Waals surface area contributed by atoms with Crippen LogP contribution in [0.4, 0.5) is 5.69 Å². The van der Waals surface area contributed by atoms with Crippen molar-refractivity contribution in [2.45, 2.75) is 12.5 Å².